The molecule has 170 valence electrons. The highest BCUT2D eigenvalue weighted by Crippen LogP contribution is 2.44. The summed E-state index contributed by atoms with van der Waals surface area (Å²) in [5.74, 6) is -0.488. The van der Waals surface area contributed by atoms with Crippen molar-refractivity contribution < 1.29 is 14.4 Å². The molecule has 0 radical (unpaired) electrons. The maximum absolute atomic E-state index is 13.5. The Balaban J connectivity index is 1.61. The van der Waals surface area contributed by atoms with Gasteiger partial charge in [-0.2, -0.15) is 0 Å². The SMILES string of the molecule is CCN(CC)C(=O)N1C(=O)NC(=O)C2(c3ccccc3)N=CN(C3CC4CCC(C3)N4)C12. The maximum atomic E-state index is 13.5. The summed E-state index contributed by atoms with van der Waals surface area (Å²) in [4.78, 5) is 49.7. The first kappa shape index (κ1) is 20.9. The van der Waals surface area contributed by atoms with Crippen molar-refractivity contribution in [2.45, 2.75) is 69.4 Å². The number of nitrogens with zero attached hydrogens (tertiary/aromatic N) is 4. The summed E-state index contributed by atoms with van der Waals surface area (Å²) < 4.78 is 0. The van der Waals surface area contributed by atoms with Crippen LogP contribution in [-0.4, -0.2) is 76.4 Å². The third-order valence-corrected chi connectivity index (χ3v) is 7.40. The highest BCUT2D eigenvalue weighted by Gasteiger charge is 2.63. The summed E-state index contributed by atoms with van der Waals surface area (Å²) in [6.07, 6.45) is 4.92. The van der Waals surface area contributed by atoms with Crippen molar-refractivity contribution in [2.24, 2.45) is 4.99 Å². The average Bonchev–Trinajstić information content (AvgIpc) is 3.36. The Kier molecular flexibility index (Phi) is 5.16. The molecule has 5 amide bonds. The predicted molar refractivity (Wildman–Crippen MR) is 119 cm³/mol. The number of rotatable bonds is 4. The van der Waals surface area contributed by atoms with Gasteiger partial charge in [-0.15, -0.1) is 0 Å². The molecule has 4 aliphatic heterocycles. The van der Waals surface area contributed by atoms with Crippen molar-refractivity contribution in [1.82, 2.24) is 25.3 Å². The van der Waals surface area contributed by atoms with E-state index in [2.05, 4.69) is 10.6 Å². The quantitative estimate of drug-likeness (QED) is 0.748. The van der Waals surface area contributed by atoms with Gasteiger partial charge in [0.1, 0.15) is 0 Å². The van der Waals surface area contributed by atoms with E-state index in [1.807, 2.05) is 49.1 Å². The molecule has 2 bridgehead atoms. The molecule has 2 N–H and O–H groups in total. The zero-order valence-corrected chi connectivity index (χ0v) is 18.5. The zero-order chi connectivity index (χ0) is 22.5. The van der Waals surface area contributed by atoms with Crippen LogP contribution in [0, 0.1) is 0 Å². The number of imide groups is 2. The summed E-state index contributed by atoms with van der Waals surface area (Å²) in [6, 6.07) is 9.10. The van der Waals surface area contributed by atoms with E-state index in [4.69, 9.17) is 4.99 Å². The van der Waals surface area contributed by atoms with Gasteiger partial charge in [0.25, 0.3) is 5.91 Å². The smallest absolute Gasteiger partial charge is 0.334 e. The van der Waals surface area contributed by atoms with Gasteiger partial charge in [-0.05, 0) is 45.1 Å². The van der Waals surface area contributed by atoms with E-state index in [-0.39, 0.29) is 6.04 Å². The molecule has 9 nitrogen and oxygen atoms in total. The second-order valence-electron chi connectivity index (χ2n) is 9.05. The van der Waals surface area contributed by atoms with E-state index in [9.17, 15) is 14.4 Å². The van der Waals surface area contributed by atoms with Gasteiger partial charge in [0, 0.05) is 31.2 Å². The lowest BCUT2D eigenvalue weighted by molar-refractivity contribution is -0.131. The number of nitrogens with one attached hydrogen (secondary N) is 2. The Hall–Kier alpha value is -2.94. The van der Waals surface area contributed by atoms with Crippen molar-refractivity contribution in [2.75, 3.05) is 13.1 Å². The minimum Gasteiger partial charge on any atom is -0.336 e. The van der Waals surface area contributed by atoms with Gasteiger partial charge in [-0.3, -0.25) is 10.1 Å². The lowest BCUT2D eigenvalue weighted by atomic mass is 9.83. The molecule has 32 heavy (non-hydrogen) atoms. The molecule has 0 spiro atoms. The number of hydrogen-bond donors (Lipinski definition) is 2. The van der Waals surface area contributed by atoms with E-state index in [1.54, 1.807) is 11.2 Å². The van der Waals surface area contributed by atoms with Crippen LogP contribution in [0.5, 0.6) is 0 Å². The van der Waals surface area contributed by atoms with Crippen LogP contribution in [0.25, 0.3) is 0 Å². The predicted octanol–water partition coefficient (Wildman–Crippen LogP) is 1.85. The van der Waals surface area contributed by atoms with Crippen molar-refractivity contribution in [3.8, 4) is 0 Å². The van der Waals surface area contributed by atoms with Gasteiger partial charge in [0.05, 0.1) is 6.34 Å². The van der Waals surface area contributed by atoms with Gasteiger partial charge in [0.2, 0.25) is 5.54 Å². The first-order valence-corrected chi connectivity index (χ1v) is 11.6. The maximum Gasteiger partial charge on any atom is 0.334 e. The first-order chi connectivity index (χ1) is 15.5. The van der Waals surface area contributed by atoms with E-state index in [1.165, 1.54) is 4.90 Å². The van der Waals surface area contributed by atoms with E-state index in [0.717, 1.165) is 25.7 Å². The van der Waals surface area contributed by atoms with Crippen LogP contribution in [0.4, 0.5) is 9.59 Å². The number of fused-ring (bicyclic) bond motifs is 3. The van der Waals surface area contributed by atoms with Gasteiger partial charge in [-0.1, -0.05) is 30.3 Å². The van der Waals surface area contributed by atoms with Crippen molar-refractivity contribution in [1.29, 1.82) is 0 Å². The Morgan fingerprint density at radius 1 is 1.12 bits per heavy atom. The third-order valence-electron chi connectivity index (χ3n) is 7.40. The van der Waals surface area contributed by atoms with E-state index >= 15 is 0 Å². The number of benzene rings is 1. The van der Waals surface area contributed by atoms with Gasteiger partial charge in [0.15, 0.2) is 6.17 Å². The number of carbonyl (C=O) groups excluding carboxylic acids is 3. The lowest BCUT2D eigenvalue weighted by Gasteiger charge is -2.49. The molecule has 0 aromatic heterocycles. The highest BCUT2D eigenvalue weighted by atomic mass is 16.2. The fraction of sp³-hybridized carbons (Fsp3) is 0.565. The Morgan fingerprint density at radius 2 is 1.78 bits per heavy atom. The summed E-state index contributed by atoms with van der Waals surface area (Å²) >= 11 is 0. The van der Waals surface area contributed by atoms with Crippen LogP contribution < -0.4 is 10.6 Å². The molecular formula is C23H30N6O3. The molecule has 1 aromatic carbocycles. The van der Waals surface area contributed by atoms with Crippen molar-refractivity contribution in [3.63, 3.8) is 0 Å². The molecule has 5 rings (SSSR count). The molecule has 3 fully saturated rings. The summed E-state index contributed by atoms with van der Waals surface area (Å²) in [5.41, 5.74) is -0.718. The van der Waals surface area contributed by atoms with Crippen LogP contribution >= 0.6 is 0 Å². The van der Waals surface area contributed by atoms with Crippen LogP contribution in [0.3, 0.4) is 0 Å². The van der Waals surface area contributed by atoms with Crippen LogP contribution in [0.15, 0.2) is 35.3 Å². The molecule has 1 aromatic rings. The lowest BCUT2D eigenvalue weighted by Crippen LogP contribution is -2.73. The average molecular weight is 439 g/mol. The molecule has 4 aliphatic rings. The third kappa shape index (κ3) is 3.02. The van der Waals surface area contributed by atoms with Crippen molar-refractivity contribution in [3.05, 3.63) is 35.9 Å². The molecule has 4 heterocycles. The molecule has 9 heteroatoms. The van der Waals surface area contributed by atoms with Crippen molar-refractivity contribution >= 4 is 24.3 Å². The molecule has 0 saturated carbocycles. The zero-order valence-electron chi connectivity index (χ0n) is 18.5. The van der Waals surface area contributed by atoms with E-state index in [0.29, 0.717) is 30.7 Å². The molecule has 3 saturated heterocycles. The summed E-state index contributed by atoms with van der Waals surface area (Å²) in [5, 5.41) is 6.06. The minimum atomic E-state index is -1.39. The number of aliphatic imine (C=N–C) groups is 1. The molecule has 4 unspecified atom stereocenters. The molecule has 4 atom stereocenters. The number of amides is 5. The number of carbonyl (C=O) groups is 3. The first-order valence-electron chi connectivity index (χ1n) is 11.6. The standard InChI is InChI=1S/C23H30N6O3/c1-3-27(4-2)22(32)29-20-23(19(30)26-21(29)31,15-8-6-5-7-9-15)24-14-28(20)18-12-16-10-11-17(13-18)25-16/h5-9,14,16-18,20,25H,3-4,10-13H2,1-2H3,(H,26,30,31). The highest BCUT2D eigenvalue weighted by molar-refractivity contribution is 6.10. The second kappa shape index (κ2) is 7.88. The number of urea groups is 2. The van der Waals surface area contributed by atoms with Crippen LogP contribution in [-0.2, 0) is 10.3 Å². The van der Waals surface area contributed by atoms with Crippen LogP contribution in [0.1, 0.15) is 45.1 Å². The number of hydrogen-bond acceptors (Lipinski definition) is 6. The van der Waals surface area contributed by atoms with E-state index < -0.39 is 29.7 Å². The normalized spacial score (nSPS) is 33.3. The number of piperidine rings is 1. The molecular weight excluding hydrogens is 408 g/mol. The van der Waals surface area contributed by atoms with Gasteiger partial charge >= 0.3 is 12.1 Å². The van der Waals surface area contributed by atoms with Gasteiger partial charge < -0.3 is 15.1 Å². The second-order valence-corrected chi connectivity index (χ2v) is 9.05. The fourth-order valence-corrected chi connectivity index (χ4v) is 5.81. The Bertz CT molecular complexity index is 936. The Morgan fingerprint density at radius 3 is 2.41 bits per heavy atom. The van der Waals surface area contributed by atoms with Crippen LogP contribution in [0.2, 0.25) is 0 Å². The molecule has 0 aliphatic carbocycles. The minimum absolute atomic E-state index is 0.0961. The summed E-state index contributed by atoms with van der Waals surface area (Å²) in [6.45, 7) is 4.70. The largest absolute Gasteiger partial charge is 0.336 e. The Labute approximate surface area is 187 Å². The summed E-state index contributed by atoms with van der Waals surface area (Å²) in [7, 11) is 0. The monoisotopic (exact) mass is 438 g/mol. The topological polar surface area (TPSA) is 97.3 Å². The fourth-order valence-electron chi connectivity index (χ4n) is 5.81. The van der Waals surface area contributed by atoms with Gasteiger partial charge in [-0.25, -0.2) is 19.5 Å².